The Labute approximate surface area is 115 Å². The number of nitrogens with one attached hydrogen (secondary N) is 1. The number of aromatic nitrogens is 4. The van der Waals surface area contributed by atoms with Crippen molar-refractivity contribution in [3.8, 4) is 0 Å². The van der Waals surface area contributed by atoms with Gasteiger partial charge in [-0.1, -0.05) is 18.5 Å². The van der Waals surface area contributed by atoms with Crippen LogP contribution in [0, 0.1) is 0 Å². The third-order valence-corrected chi connectivity index (χ3v) is 3.80. The van der Waals surface area contributed by atoms with Gasteiger partial charge in [-0.2, -0.15) is 0 Å². The van der Waals surface area contributed by atoms with Crippen LogP contribution in [0.3, 0.4) is 0 Å². The molecule has 0 bridgehead atoms. The number of hydrogen-bond donors (Lipinski definition) is 1. The minimum atomic E-state index is 0.149. The first kappa shape index (κ1) is 13.5. The van der Waals surface area contributed by atoms with Gasteiger partial charge in [-0.05, 0) is 42.4 Å². The maximum atomic E-state index is 5.92. The Morgan fingerprint density at radius 1 is 1.50 bits per heavy atom. The first-order valence-corrected chi connectivity index (χ1v) is 7.13. The second-order valence-electron chi connectivity index (χ2n) is 4.08. The summed E-state index contributed by atoms with van der Waals surface area (Å²) in [6.45, 7) is 5.83. The lowest BCUT2D eigenvalue weighted by molar-refractivity contribution is 0.505. The fraction of sp³-hybridized carbons (Fsp3) is 0.545. The molecule has 0 fully saturated rings. The van der Waals surface area contributed by atoms with Crippen molar-refractivity contribution >= 4 is 22.9 Å². The molecule has 1 N–H and O–H groups in total. The van der Waals surface area contributed by atoms with Crippen LogP contribution in [0.2, 0.25) is 4.34 Å². The van der Waals surface area contributed by atoms with Gasteiger partial charge in [0.05, 0.1) is 16.9 Å². The van der Waals surface area contributed by atoms with Crippen molar-refractivity contribution in [1.82, 2.24) is 25.5 Å². The van der Waals surface area contributed by atoms with Gasteiger partial charge in [0, 0.05) is 4.88 Å². The summed E-state index contributed by atoms with van der Waals surface area (Å²) >= 11 is 7.47. The Bertz CT molecular complexity index is 495. The van der Waals surface area contributed by atoms with Crippen molar-refractivity contribution in [2.24, 2.45) is 0 Å². The zero-order valence-electron chi connectivity index (χ0n) is 10.4. The van der Waals surface area contributed by atoms with E-state index in [1.807, 2.05) is 16.8 Å². The monoisotopic (exact) mass is 285 g/mol. The highest BCUT2D eigenvalue weighted by Crippen LogP contribution is 2.22. The maximum Gasteiger partial charge on any atom is 0.168 e. The van der Waals surface area contributed by atoms with Gasteiger partial charge in [0.1, 0.15) is 0 Å². The molecule has 0 aliphatic heterocycles. The predicted molar refractivity (Wildman–Crippen MR) is 73.0 cm³/mol. The minimum absolute atomic E-state index is 0.149. The summed E-state index contributed by atoms with van der Waals surface area (Å²) in [4.78, 5) is 1.15. The molecule has 0 saturated heterocycles. The lowest BCUT2D eigenvalue weighted by Crippen LogP contribution is -2.23. The molecule has 0 amide bonds. The summed E-state index contributed by atoms with van der Waals surface area (Å²) in [5.41, 5.74) is 0. The zero-order chi connectivity index (χ0) is 13.0. The molecule has 0 saturated carbocycles. The van der Waals surface area contributed by atoms with Gasteiger partial charge in [0.15, 0.2) is 5.82 Å². The Kier molecular flexibility index (Phi) is 4.68. The van der Waals surface area contributed by atoms with Gasteiger partial charge in [-0.15, -0.1) is 16.4 Å². The van der Waals surface area contributed by atoms with E-state index in [1.54, 1.807) is 11.3 Å². The number of hydrogen-bond acceptors (Lipinski definition) is 5. The van der Waals surface area contributed by atoms with Crippen molar-refractivity contribution in [3.05, 3.63) is 27.2 Å². The summed E-state index contributed by atoms with van der Waals surface area (Å²) in [6, 6.07) is 4.04. The van der Waals surface area contributed by atoms with Crippen molar-refractivity contribution in [2.75, 3.05) is 6.54 Å². The molecule has 0 radical (unpaired) electrons. The lowest BCUT2D eigenvalue weighted by atomic mass is 10.3. The first-order valence-electron chi connectivity index (χ1n) is 5.94. The fourth-order valence-corrected chi connectivity index (χ4v) is 2.74. The zero-order valence-corrected chi connectivity index (χ0v) is 12.0. The molecule has 2 heterocycles. The van der Waals surface area contributed by atoms with Gasteiger partial charge in [-0.25, -0.2) is 4.68 Å². The quantitative estimate of drug-likeness (QED) is 0.886. The third-order valence-electron chi connectivity index (χ3n) is 2.58. The second-order valence-corrected chi connectivity index (χ2v) is 5.88. The predicted octanol–water partition coefficient (Wildman–Crippen LogP) is 2.50. The van der Waals surface area contributed by atoms with Crippen molar-refractivity contribution in [1.29, 1.82) is 0 Å². The van der Waals surface area contributed by atoms with Crippen LogP contribution in [-0.2, 0) is 6.54 Å². The third kappa shape index (κ3) is 3.28. The molecule has 0 aliphatic carbocycles. The van der Waals surface area contributed by atoms with Crippen LogP contribution in [0.25, 0.3) is 0 Å². The van der Waals surface area contributed by atoms with E-state index >= 15 is 0 Å². The summed E-state index contributed by atoms with van der Waals surface area (Å²) in [7, 11) is 0. The molecule has 18 heavy (non-hydrogen) atoms. The van der Waals surface area contributed by atoms with Gasteiger partial charge >= 0.3 is 0 Å². The first-order chi connectivity index (χ1) is 8.70. The van der Waals surface area contributed by atoms with Gasteiger partial charge < -0.3 is 5.32 Å². The molecule has 98 valence electrons. The van der Waals surface area contributed by atoms with E-state index in [0.29, 0.717) is 6.54 Å². The van der Waals surface area contributed by atoms with Crippen molar-refractivity contribution in [2.45, 2.75) is 32.9 Å². The number of rotatable bonds is 6. The molecule has 7 heteroatoms. The summed E-state index contributed by atoms with van der Waals surface area (Å²) < 4.78 is 2.60. The Hall–Kier alpha value is -0.980. The van der Waals surface area contributed by atoms with Crippen LogP contribution in [-0.4, -0.2) is 26.8 Å². The Balaban J connectivity index is 2.07. The van der Waals surface area contributed by atoms with Crippen LogP contribution in [0.15, 0.2) is 12.1 Å². The van der Waals surface area contributed by atoms with E-state index in [2.05, 4.69) is 34.7 Å². The average Bonchev–Trinajstić information content (AvgIpc) is 2.96. The Morgan fingerprint density at radius 3 is 3.00 bits per heavy atom. The van der Waals surface area contributed by atoms with E-state index in [9.17, 15) is 0 Å². The van der Waals surface area contributed by atoms with Crippen LogP contribution in [0.1, 0.15) is 37.0 Å². The SMILES string of the molecule is CCCNC(C)c1nnnn1Cc1ccc(Cl)s1. The molecule has 5 nitrogen and oxygen atoms in total. The average molecular weight is 286 g/mol. The van der Waals surface area contributed by atoms with E-state index in [1.165, 1.54) is 0 Å². The molecule has 2 rings (SSSR count). The number of tetrazole rings is 1. The van der Waals surface area contributed by atoms with E-state index in [0.717, 1.165) is 28.0 Å². The fourth-order valence-electron chi connectivity index (χ4n) is 1.67. The molecule has 2 aromatic rings. The molecule has 0 aromatic carbocycles. The number of nitrogens with zero attached hydrogens (tertiary/aromatic N) is 4. The van der Waals surface area contributed by atoms with Crippen molar-refractivity contribution in [3.63, 3.8) is 0 Å². The Morgan fingerprint density at radius 2 is 2.33 bits per heavy atom. The molecule has 0 aliphatic rings. The maximum absolute atomic E-state index is 5.92. The highest BCUT2D eigenvalue weighted by Gasteiger charge is 2.14. The summed E-state index contributed by atoms with van der Waals surface area (Å²) in [5, 5.41) is 15.2. The van der Waals surface area contributed by atoms with Crippen LogP contribution >= 0.6 is 22.9 Å². The molecular weight excluding hydrogens is 270 g/mol. The van der Waals surface area contributed by atoms with Gasteiger partial charge in [0.25, 0.3) is 0 Å². The molecule has 2 aromatic heterocycles. The molecular formula is C11H16ClN5S. The summed E-state index contributed by atoms with van der Waals surface area (Å²) in [5.74, 6) is 0.855. The van der Waals surface area contributed by atoms with Gasteiger partial charge in [0.2, 0.25) is 0 Å². The van der Waals surface area contributed by atoms with E-state index in [-0.39, 0.29) is 6.04 Å². The van der Waals surface area contributed by atoms with Crippen molar-refractivity contribution < 1.29 is 0 Å². The van der Waals surface area contributed by atoms with E-state index < -0.39 is 0 Å². The standard InChI is InChI=1S/C11H16ClN5S/c1-3-6-13-8(2)11-14-15-16-17(11)7-9-4-5-10(12)18-9/h4-5,8,13H,3,6-7H2,1-2H3. The minimum Gasteiger partial charge on any atom is -0.307 e. The van der Waals surface area contributed by atoms with Crippen LogP contribution < -0.4 is 5.32 Å². The highest BCUT2D eigenvalue weighted by molar-refractivity contribution is 7.16. The second kappa shape index (κ2) is 6.26. The van der Waals surface area contributed by atoms with Crippen LogP contribution in [0.5, 0.6) is 0 Å². The lowest BCUT2D eigenvalue weighted by Gasteiger charge is -2.12. The molecule has 1 atom stereocenters. The highest BCUT2D eigenvalue weighted by atomic mass is 35.5. The smallest absolute Gasteiger partial charge is 0.168 e. The van der Waals surface area contributed by atoms with E-state index in [4.69, 9.17) is 11.6 Å². The molecule has 0 spiro atoms. The largest absolute Gasteiger partial charge is 0.307 e. The van der Waals surface area contributed by atoms with Gasteiger partial charge in [-0.3, -0.25) is 0 Å². The number of halogens is 1. The van der Waals surface area contributed by atoms with Crippen LogP contribution in [0.4, 0.5) is 0 Å². The molecule has 1 unspecified atom stereocenters. The topological polar surface area (TPSA) is 55.6 Å². The summed E-state index contributed by atoms with van der Waals surface area (Å²) in [6.07, 6.45) is 1.09. The normalized spacial score (nSPS) is 12.8. The number of thiophene rings is 1.